The van der Waals surface area contributed by atoms with E-state index in [-0.39, 0.29) is 17.8 Å². The molecule has 40 heavy (non-hydrogen) atoms. The Labute approximate surface area is 238 Å². The molecule has 2 fully saturated rings. The molecule has 0 unspecified atom stereocenters. The summed E-state index contributed by atoms with van der Waals surface area (Å²) in [6, 6.07) is 19.7. The zero-order valence-corrected chi connectivity index (χ0v) is 23.1. The van der Waals surface area contributed by atoms with Crippen molar-refractivity contribution in [1.29, 1.82) is 0 Å². The number of morpholine rings is 1. The fraction of sp³-hybridized carbons (Fsp3) is 0.300. The van der Waals surface area contributed by atoms with Crippen molar-refractivity contribution < 1.29 is 19.1 Å². The van der Waals surface area contributed by atoms with E-state index in [0.717, 1.165) is 16.9 Å². The molecule has 3 aromatic carbocycles. The van der Waals surface area contributed by atoms with Gasteiger partial charge in [-0.1, -0.05) is 41.4 Å². The van der Waals surface area contributed by atoms with Crippen molar-refractivity contribution in [2.45, 2.75) is 6.92 Å². The molecular weight excluding hydrogens is 530 g/mol. The van der Waals surface area contributed by atoms with E-state index in [2.05, 4.69) is 15.5 Å². The third kappa shape index (κ3) is 6.38. The largest absolute Gasteiger partial charge is 0.378 e. The molecule has 10 heteroatoms. The Bertz CT molecular complexity index is 1380. The van der Waals surface area contributed by atoms with Crippen molar-refractivity contribution in [3.8, 4) is 0 Å². The number of benzene rings is 3. The fourth-order valence-electron chi connectivity index (χ4n) is 4.83. The van der Waals surface area contributed by atoms with Crippen LogP contribution in [0.1, 0.15) is 26.3 Å². The van der Waals surface area contributed by atoms with Crippen molar-refractivity contribution in [1.82, 2.24) is 9.80 Å². The minimum absolute atomic E-state index is 0.119. The number of hydrogen-bond acceptors (Lipinski definition) is 5. The van der Waals surface area contributed by atoms with Gasteiger partial charge in [-0.15, -0.1) is 0 Å². The lowest BCUT2D eigenvalue weighted by Gasteiger charge is -2.37. The average Bonchev–Trinajstić information content (AvgIpc) is 2.98. The zero-order valence-electron chi connectivity index (χ0n) is 22.4. The normalized spacial score (nSPS) is 15.5. The van der Waals surface area contributed by atoms with E-state index in [1.54, 1.807) is 46.2 Å². The molecule has 0 saturated carbocycles. The summed E-state index contributed by atoms with van der Waals surface area (Å²) in [5, 5.41) is 6.19. The molecule has 9 nitrogen and oxygen atoms in total. The van der Waals surface area contributed by atoms with Crippen molar-refractivity contribution in [2.75, 3.05) is 68.0 Å². The van der Waals surface area contributed by atoms with Gasteiger partial charge in [0.05, 0.1) is 29.4 Å². The number of urea groups is 1. The Morgan fingerprint density at radius 3 is 2.12 bits per heavy atom. The highest BCUT2D eigenvalue weighted by atomic mass is 35.5. The van der Waals surface area contributed by atoms with Gasteiger partial charge in [0.1, 0.15) is 0 Å². The number of halogens is 1. The Hall–Kier alpha value is -4.08. The maximum Gasteiger partial charge on any atom is 0.321 e. The van der Waals surface area contributed by atoms with Crippen molar-refractivity contribution in [3.05, 3.63) is 88.4 Å². The van der Waals surface area contributed by atoms with E-state index in [1.807, 2.05) is 37.3 Å². The molecule has 3 aromatic rings. The van der Waals surface area contributed by atoms with Crippen LogP contribution in [-0.4, -0.2) is 80.1 Å². The van der Waals surface area contributed by atoms with Crippen LogP contribution < -0.4 is 15.5 Å². The first kappa shape index (κ1) is 27.5. The van der Waals surface area contributed by atoms with Gasteiger partial charge >= 0.3 is 6.03 Å². The molecule has 4 amide bonds. The summed E-state index contributed by atoms with van der Waals surface area (Å²) in [6.45, 7) is 6.12. The van der Waals surface area contributed by atoms with Crippen LogP contribution in [0.5, 0.6) is 0 Å². The predicted octanol–water partition coefficient (Wildman–Crippen LogP) is 4.73. The number of carbonyl (C=O) groups is 3. The van der Waals surface area contributed by atoms with Crippen LogP contribution >= 0.6 is 11.6 Å². The molecule has 0 aromatic heterocycles. The van der Waals surface area contributed by atoms with Gasteiger partial charge in [-0.2, -0.15) is 0 Å². The Balaban J connectivity index is 1.32. The number of ether oxygens (including phenoxy) is 1. The molecular formula is C30H32ClN5O4. The van der Waals surface area contributed by atoms with Crippen molar-refractivity contribution in [2.24, 2.45) is 0 Å². The van der Waals surface area contributed by atoms with Gasteiger partial charge in [0.15, 0.2) is 0 Å². The number of rotatable bonds is 5. The first-order valence-corrected chi connectivity index (χ1v) is 13.7. The Morgan fingerprint density at radius 2 is 1.43 bits per heavy atom. The number of hydrogen-bond donors (Lipinski definition) is 2. The second-order valence-electron chi connectivity index (χ2n) is 9.84. The molecule has 0 spiro atoms. The third-order valence-corrected chi connectivity index (χ3v) is 7.44. The monoisotopic (exact) mass is 561 g/mol. The van der Waals surface area contributed by atoms with E-state index in [4.69, 9.17) is 16.3 Å². The van der Waals surface area contributed by atoms with Gasteiger partial charge in [0.25, 0.3) is 11.8 Å². The summed E-state index contributed by atoms with van der Waals surface area (Å²) >= 11 is 6.21. The van der Waals surface area contributed by atoms with Crippen molar-refractivity contribution in [3.63, 3.8) is 0 Å². The maximum absolute atomic E-state index is 13.7. The molecule has 0 radical (unpaired) electrons. The number of carbonyl (C=O) groups excluding carboxylic acids is 3. The van der Waals surface area contributed by atoms with Gasteiger partial charge in [-0.05, 0) is 49.4 Å². The molecule has 0 aliphatic carbocycles. The molecule has 2 aliphatic heterocycles. The first-order valence-electron chi connectivity index (χ1n) is 13.3. The summed E-state index contributed by atoms with van der Waals surface area (Å²) < 4.78 is 5.43. The first-order chi connectivity index (χ1) is 19.4. The molecule has 2 saturated heterocycles. The molecule has 0 bridgehead atoms. The van der Waals surface area contributed by atoms with Gasteiger partial charge in [-0.3, -0.25) is 9.59 Å². The number of aryl methyl sites for hydroxylation is 1. The number of piperazine rings is 1. The smallest absolute Gasteiger partial charge is 0.321 e. The van der Waals surface area contributed by atoms with Gasteiger partial charge in [0.2, 0.25) is 0 Å². The highest BCUT2D eigenvalue weighted by molar-refractivity contribution is 6.34. The van der Waals surface area contributed by atoms with Crippen LogP contribution in [0.25, 0.3) is 0 Å². The van der Waals surface area contributed by atoms with Gasteiger partial charge in [0, 0.05) is 56.3 Å². The lowest BCUT2D eigenvalue weighted by Crippen LogP contribution is -2.50. The number of amides is 4. The van der Waals surface area contributed by atoms with Crippen LogP contribution in [0.2, 0.25) is 5.02 Å². The van der Waals surface area contributed by atoms with Crippen LogP contribution in [-0.2, 0) is 4.74 Å². The standard InChI is InChI=1S/C30H32ClN5O4/c1-21-6-8-22(9-7-21)33-30(39)36-14-12-34(13-15-36)27-11-10-23(32-28(37)24-4-2-3-5-26(24)31)20-25(27)29(38)35-16-18-40-19-17-35/h2-11,20H,12-19H2,1H3,(H,32,37)(H,33,39). The van der Waals surface area contributed by atoms with E-state index in [9.17, 15) is 14.4 Å². The maximum atomic E-state index is 13.7. The lowest BCUT2D eigenvalue weighted by atomic mass is 10.1. The Kier molecular flexibility index (Phi) is 8.52. The van der Waals surface area contributed by atoms with Crippen LogP contribution in [0, 0.1) is 6.92 Å². The minimum Gasteiger partial charge on any atom is -0.378 e. The molecule has 0 atom stereocenters. The molecule has 2 N–H and O–H groups in total. The summed E-state index contributed by atoms with van der Waals surface area (Å²) in [4.78, 5) is 45.1. The number of nitrogens with zero attached hydrogens (tertiary/aromatic N) is 3. The highest BCUT2D eigenvalue weighted by Crippen LogP contribution is 2.28. The van der Waals surface area contributed by atoms with Crippen LogP contribution in [0.15, 0.2) is 66.7 Å². The van der Waals surface area contributed by atoms with Gasteiger partial charge in [-0.25, -0.2) is 4.79 Å². The molecule has 5 rings (SSSR count). The van der Waals surface area contributed by atoms with E-state index >= 15 is 0 Å². The summed E-state index contributed by atoms with van der Waals surface area (Å²) in [5.74, 6) is -0.469. The minimum atomic E-state index is -0.351. The van der Waals surface area contributed by atoms with E-state index in [1.165, 1.54) is 0 Å². The molecule has 2 heterocycles. The fourth-order valence-corrected chi connectivity index (χ4v) is 5.05. The van der Waals surface area contributed by atoms with E-state index < -0.39 is 0 Å². The topological polar surface area (TPSA) is 94.2 Å². The third-order valence-electron chi connectivity index (χ3n) is 7.11. The van der Waals surface area contributed by atoms with Crippen LogP contribution in [0.4, 0.5) is 21.9 Å². The van der Waals surface area contributed by atoms with Crippen molar-refractivity contribution >= 4 is 46.5 Å². The number of nitrogens with one attached hydrogen (secondary N) is 2. The predicted molar refractivity (Wildman–Crippen MR) is 157 cm³/mol. The quantitative estimate of drug-likeness (QED) is 0.470. The zero-order chi connectivity index (χ0) is 28.1. The summed E-state index contributed by atoms with van der Waals surface area (Å²) in [6.07, 6.45) is 0. The average molecular weight is 562 g/mol. The molecule has 2 aliphatic rings. The Morgan fingerprint density at radius 1 is 0.750 bits per heavy atom. The lowest BCUT2D eigenvalue weighted by molar-refractivity contribution is 0.0303. The summed E-state index contributed by atoms with van der Waals surface area (Å²) in [7, 11) is 0. The van der Waals surface area contributed by atoms with Gasteiger partial charge < -0.3 is 30.1 Å². The van der Waals surface area contributed by atoms with Crippen LogP contribution in [0.3, 0.4) is 0 Å². The van der Waals surface area contributed by atoms with E-state index in [0.29, 0.717) is 74.3 Å². The summed E-state index contributed by atoms with van der Waals surface area (Å²) in [5.41, 5.74) is 4.01. The second kappa shape index (κ2) is 12.4. The SMILES string of the molecule is Cc1ccc(NC(=O)N2CCN(c3ccc(NC(=O)c4ccccc4Cl)cc3C(=O)N3CCOCC3)CC2)cc1. The molecule has 208 valence electrons. The highest BCUT2D eigenvalue weighted by Gasteiger charge is 2.27. The number of anilines is 3. The second-order valence-corrected chi connectivity index (χ2v) is 10.2.